The minimum absolute atomic E-state index is 0. The highest BCUT2D eigenvalue weighted by molar-refractivity contribution is 5.92. The zero-order chi connectivity index (χ0) is 17.9. The van der Waals surface area contributed by atoms with Crippen molar-refractivity contribution < 1.29 is 4.79 Å². The van der Waals surface area contributed by atoms with E-state index in [0.29, 0.717) is 12.6 Å². The summed E-state index contributed by atoms with van der Waals surface area (Å²) in [7, 11) is 0. The van der Waals surface area contributed by atoms with Gasteiger partial charge in [0.15, 0.2) is 0 Å². The second-order valence-electron chi connectivity index (χ2n) is 7.15. The molecule has 28 heavy (non-hydrogen) atoms. The Morgan fingerprint density at radius 1 is 1.11 bits per heavy atom. The van der Waals surface area contributed by atoms with E-state index in [-0.39, 0.29) is 30.7 Å². The van der Waals surface area contributed by atoms with Crippen LogP contribution in [0.5, 0.6) is 0 Å². The fourth-order valence-corrected chi connectivity index (χ4v) is 3.83. The second-order valence-corrected chi connectivity index (χ2v) is 7.15. The van der Waals surface area contributed by atoms with Crippen LogP contribution >= 0.6 is 24.8 Å². The van der Waals surface area contributed by atoms with Gasteiger partial charge in [0, 0.05) is 49.3 Å². The van der Waals surface area contributed by atoms with Gasteiger partial charge in [-0.3, -0.25) is 9.69 Å². The molecular weight excluding hydrogens is 395 g/mol. The highest BCUT2D eigenvalue weighted by atomic mass is 35.5. The van der Waals surface area contributed by atoms with E-state index in [4.69, 9.17) is 0 Å². The first-order chi connectivity index (χ1) is 12.7. The van der Waals surface area contributed by atoms with Crippen molar-refractivity contribution >= 4 is 47.8 Å². The molecular formula is C21H28Cl2N4O. The molecule has 1 atom stereocenters. The third-order valence-electron chi connectivity index (χ3n) is 5.34. The lowest BCUT2D eigenvalue weighted by Crippen LogP contribution is -2.51. The van der Waals surface area contributed by atoms with Crippen molar-refractivity contribution in [3.63, 3.8) is 0 Å². The van der Waals surface area contributed by atoms with Gasteiger partial charge >= 0.3 is 0 Å². The van der Waals surface area contributed by atoms with Gasteiger partial charge in [-0.2, -0.15) is 0 Å². The molecule has 2 heterocycles. The topological polar surface area (TPSA) is 47.6 Å². The molecule has 2 N–H and O–H groups in total. The smallest absolute Gasteiger partial charge is 0.238 e. The summed E-state index contributed by atoms with van der Waals surface area (Å²) in [6, 6.07) is 17.1. The number of nitrogens with one attached hydrogen (secondary N) is 2. The van der Waals surface area contributed by atoms with Crippen molar-refractivity contribution in [2.75, 3.05) is 42.9 Å². The van der Waals surface area contributed by atoms with Gasteiger partial charge in [0.25, 0.3) is 0 Å². The third kappa shape index (κ3) is 4.97. The highest BCUT2D eigenvalue weighted by Gasteiger charge is 2.21. The lowest BCUT2D eigenvalue weighted by molar-refractivity contribution is -0.118. The van der Waals surface area contributed by atoms with Gasteiger partial charge < -0.3 is 15.5 Å². The van der Waals surface area contributed by atoms with Gasteiger partial charge in [-0.25, -0.2) is 0 Å². The highest BCUT2D eigenvalue weighted by Crippen LogP contribution is 2.34. The number of benzene rings is 2. The van der Waals surface area contributed by atoms with Crippen molar-refractivity contribution in [2.45, 2.75) is 19.4 Å². The van der Waals surface area contributed by atoms with E-state index in [1.165, 1.54) is 16.9 Å². The van der Waals surface area contributed by atoms with E-state index in [1.807, 2.05) is 12.1 Å². The lowest BCUT2D eigenvalue weighted by Gasteiger charge is -2.33. The molecule has 2 aliphatic rings. The number of hydrogen-bond donors (Lipinski definition) is 2. The number of carbonyl (C=O) groups excluding carboxylic acids is 1. The Hall–Kier alpha value is -1.79. The van der Waals surface area contributed by atoms with Gasteiger partial charge in [-0.05, 0) is 49.2 Å². The van der Waals surface area contributed by atoms with Gasteiger partial charge in [-0.15, -0.1) is 24.8 Å². The average molecular weight is 423 g/mol. The number of fused-ring (bicyclic) bond motifs is 1. The average Bonchev–Trinajstić information content (AvgIpc) is 3.08. The van der Waals surface area contributed by atoms with Crippen LogP contribution in [0, 0.1) is 0 Å². The van der Waals surface area contributed by atoms with Crippen molar-refractivity contribution in [3.8, 4) is 0 Å². The molecule has 2 aliphatic heterocycles. The molecule has 0 radical (unpaired) electrons. The first-order valence-corrected chi connectivity index (χ1v) is 9.41. The largest absolute Gasteiger partial charge is 0.341 e. The third-order valence-corrected chi connectivity index (χ3v) is 5.34. The molecule has 1 fully saturated rings. The predicted octanol–water partition coefficient (Wildman–Crippen LogP) is 3.46. The quantitative estimate of drug-likeness (QED) is 0.791. The maximum absolute atomic E-state index is 12.3. The van der Waals surface area contributed by atoms with E-state index < -0.39 is 0 Å². The van der Waals surface area contributed by atoms with E-state index in [2.05, 4.69) is 63.8 Å². The summed E-state index contributed by atoms with van der Waals surface area (Å²) in [5, 5.41) is 6.38. The summed E-state index contributed by atoms with van der Waals surface area (Å²) in [4.78, 5) is 16.9. The lowest BCUT2D eigenvalue weighted by atomic mass is 10.2. The summed E-state index contributed by atoms with van der Waals surface area (Å²) < 4.78 is 0. The molecule has 2 aromatic carbocycles. The standard InChI is InChI=1S/C21H26N4O.2ClH/c1-16-14-22-11-13-24(16)15-21(26)23-18-6-8-19(9-7-18)25-12-10-17-4-2-3-5-20(17)25;;/h2-9,16,22H,10-15H2,1H3,(H,23,26);2*1H/t16-;;/m1../s1. The number of carbonyl (C=O) groups is 1. The number of rotatable bonds is 4. The van der Waals surface area contributed by atoms with Crippen LogP contribution in [0.4, 0.5) is 17.1 Å². The number of halogens is 2. The van der Waals surface area contributed by atoms with E-state index in [0.717, 1.165) is 38.3 Å². The first-order valence-electron chi connectivity index (χ1n) is 9.41. The number of hydrogen-bond acceptors (Lipinski definition) is 4. The second kappa shape index (κ2) is 10.1. The van der Waals surface area contributed by atoms with Gasteiger partial charge in [0.2, 0.25) is 5.91 Å². The van der Waals surface area contributed by atoms with Crippen molar-refractivity contribution in [1.29, 1.82) is 0 Å². The summed E-state index contributed by atoms with van der Waals surface area (Å²) in [6.45, 7) is 6.42. The van der Waals surface area contributed by atoms with Crippen molar-refractivity contribution in [3.05, 3.63) is 54.1 Å². The Morgan fingerprint density at radius 2 is 1.86 bits per heavy atom. The van der Waals surface area contributed by atoms with Gasteiger partial charge in [-0.1, -0.05) is 18.2 Å². The summed E-state index contributed by atoms with van der Waals surface area (Å²) in [6.07, 6.45) is 1.08. The molecule has 0 spiro atoms. The monoisotopic (exact) mass is 422 g/mol. The Labute approximate surface area is 179 Å². The summed E-state index contributed by atoms with van der Waals surface area (Å²) in [5.41, 5.74) is 4.71. The maximum atomic E-state index is 12.3. The molecule has 2 aromatic rings. The minimum Gasteiger partial charge on any atom is -0.341 e. The van der Waals surface area contributed by atoms with Crippen LogP contribution in [0.25, 0.3) is 0 Å². The zero-order valence-electron chi connectivity index (χ0n) is 16.1. The van der Waals surface area contributed by atoms with Gasteiger partial charge in [0.1, 0.15) is 0 Å². The number of para-hydroxylation sites is 1. The van der Waals surface area contributed by atoms with Crippen LogP contribution in [-0.2, 0) is 11.2 Å². The molecule has 0 unspecified atom stereocenters. The van der Waals surface area contributed by atoms with Crippen LogP contribution in [0.15, 0.2) is 48.5 Å². The number of anilines is 3. The molecule has 0 saturated carbocycles. The van der Waals surface area contributed by atoms with Crippen molar-refractivity contribution in [1.82, 2.24) is 10.2 Å². The predicted molar refractivity (Wildman–Crippen MR) is 121 cm³/mol. The SMILES string of the molecule is C[C@@H]1CNCCN1CC(=O)Nc1ccc(N2CCc3ccccc32)cc1.Cl.Cl. The fourth-order valence-electron chi connectivity index (χ4n) is 3.83. The molecule has 7 heteroatoms. The number of nitrogens with zero attached hydrogens (tertiary/aromatic N) is 2. The van der Waals surface area contributed by atoms with Crippen LogP contribution in [0.1, 0.15) is 12.5 Å². The zero-order valence-corrected chi connectivity index (χ0v) is 17.7. The maximum Gasteiger partial charge on any atom is 0.238 e. The Balaban J connectivity index is 0.00000140. The van der Waals surface area contributed by atoms with Crippen molar-refractivity contribution in [2.24, 2.45) is 0 Å². The van der Waals surface area contributed by atoms with Crippen LogP contribution in [-0.4, -0.2) is 49.6 Å². The Bertz CT molecular complexity index is 784. The van der Waals surface area contributed by atoms with E-state index >= 15 is 0 Å². The number of piperazine rings is 1. The van der Waals surface area contributed by atoms with Crippen LogP contribution in [0.2, 0.25) is 0 Å². The summed E-state index contributed by atoms with van der Waals surface area (Å²) in [5.74, 6) is 0.0537. The molecule has 0 aliphatic carbocycles. The molecule has 4 rings (SSSR count). The number of amides is 1. The van der Waals surface area contributed by atoms with E-state index in [1.54, 1.807) is 0 Å². The fraction of sp³-hybridized carbons (Fsp3) is 0.381. The summed E-state index contributed by atoms with van der Waals surface area (Å²) >= 11 is 0. The molecule has 5 nitrogen and oxygen atoms in total. The molecule has 1 saturated heterocycles. The van der Waals surface area contributed by atoms with Gasteiger partial charge in [0.05, 0.1) is 6.54 Å². The van der Waals surface area contributed by atoms with Crippen LogP contribution in [0.3, 0.4) is 0 Å². The molecule has 1 amide bonds. The Morgan fingerprint density at radius 3 is 2.61 bits per heavy atom. The molecule has 0 aromatic heterocycles. The normalized spacial score (nSPS) is 18.6. The minimum atomic E-state index is 0. The Kier molecular flexibility index (Phi) is 8.13. The van der Waals surface area contributed by atoms with Crippen LogP contribution < -0.4 is 15.5 Å². The van der Waals surface area contributed by atoms with E-state index in [9.17, 15) is 4.79 Å². The molecule has 0 bridgehead atoms. The molecule has 152 valence electrons. The first kappa shape index (κ1) is 22.5.